The molecule has 2 aromatic heterocycles. The Labute approximate surface area is 159 Å². The molecule has 0 aliphatic carbocycles. The van der Waals surface area contributed by atoms with Gasteiger partial charge in [-0.25, -0.2) is 4.98 Å². The van der Waals surface area contributed by atoms with E-state index in [1.807, 2.05) is 30.3 Å². The molecule has 1 aromatic carbocycles. The number of benzene rings is 1. The number of hydrogen-bond acceptors (Lipinski definition) is 4. The maximum absolute atomic E-state index is 13.4. The highest BCUT2D eigenvalue weighted by Crippen LogP contribution is 2.34. The first-order chi connectivity index (χ1) is 13.3. The molecule has 0 bridgehead atoms. The van der Waals surface area contributed by atoms with Gasteiger partial charge >= 0.3 is 6.18 Å². The van der Waals surface area contributed by atoms with Crippen LogP contribution in [0.2, 0.25) is 0 Å². The van der Waals surface area contributed by atoms with Gasteiger partial charge in [0.2, 0.25) is 0 Å². The van der Waals surface area contributed by atoms with Crippen molar-refractivity contribution in [2.75, 3.05) is 10.6 Å². The summed E-state index contributed by atoms with van der Waals surface area (Å²) in [6.45, 7) is 3.12. The highest BCUT2D eigenvalue weighted by molar-refractivity contribution is 6.05. The highest BCUT2D eigenvalue weighted by Gasteiger charge is 2.40. The van der Waals surface area contributed by atoms with E-state index in [9.17, 15) is 18.0 Å². The minimum atomic E-state index is -4.70. The maximum atomic E-state index is 13.4. The van der Waals surface area contributed by atoms with Crippen molar-refractivity contribution in [2.45, 2.75) is 26.1 Å². The second-order valence-electron chi connectivity index (χ2n) is 6.32. The van der Waals surface area contributed by atoms with Crippen LogP contribution in [-0.2, 0) is 6.18 Å². The number of nitrogens with one attached hydrogen (secondary N) is 2. The molecule has 3 aromatic rings. The number of nitrogens with zero attached hydrogens (tertiary/aromatic N) is 3. The number of anilines is 3. The average Bonchev–Trinajstić information content (AvgIpc) is 3.10. The predicted molar refractivity (Wildman–Crippen MR) is 99.5 cm³/mol. The van der Waals surface area contributed by atoms with E-state index >= 15 is 0 Å². The Bertz CT molecular complexity index is 950. The number of pyridine rings is 1. The fourth-order valence-electron chi connectivity index (χ4n) is 2.61. The fourth-order valence-corrected chi connectivity index (χ4v) is 2.61. The van der Waals surface area contributed by atoms with Gasteiger partial charge in [-0.3, -0.25) is 9.48 Å². The summed E-state index contributed by atoms with van der Waals surface area (Å²) in [7, 11) is 0. The monoisotopic (exact) mass is 389 g/mol. The molecule has 28 heavy (non-hydrogen) atoms. The zero-order valence-corrected chi connectivity index (χ0v) is 15.2. The van der Waals surface area contributed by atoms with E-state index in [0.29, 0.717) is 5.82 Å². The second kappa shape index (κ2) is 7.71. The standard InChI is InChI=1S/C19H18F3N5O/c1-12(2)27-17(19(20,21)22)15(11-24-27)18(28)26-14-8-9-16(23-10-14)25-13-6-4-3-5-7-13/h3-12H,1-2H3,(H,23,25)(H,26,28). The van der Waals surface area contributed by atoms with Gasteiger partial charge in [0.05, 0.1) is 23.6 Å². The number of carbonyl (C=O) groups is 1. The van der Waals surface area contributed by atoms with Crippen molar-refractivity contribution in [2.24, 2.45) is 0 Å². The van der Waals surface area contributed by atoms with Gasteiger partial charge in [-0.2, -0.15) is 18.3 Å². The third-order valence-corrected chi connectivity index (χ3v) is 3.87. The van der Waals surface area contributed by atoms with Crippen LogP contribution in [0.15, 0.2) is 54.9 Å². The van der Waals surface area contributed by atoms with Crippen molar-refractivity contribution >= 4 is 23.1 Å². The molecule has 0 aliphatic heterocycles. The van der Waals surface area contributed by atoms with Crippen LogP contribution in [0.5, 0.6) is 0 Å². The van der Waals surface area contributed by atoms with Crippen LogP contribution in [0.25, 0.3) is 0 Å². The lowest BCUT2D eigenvalue weighted by atomic mass is 10.2. The first kappa shape index (κ1) is 19.4. The summed E-state index contributed by atoms with van der Waals surface area (Å²) in [6, 6.07) is 12.0. The first-order valence-corrected chi connectivity index (χ1v) is 8.50. The van der Waals surface area contributed by atoms with Crippen molar-refractivity contribution < 1.29 is 18.0 Å². The Hall–Kier alpha value is -3.36. The molecule has 0 fully saturated rings. The average molecular weight is 389 g/mol. The summed E-state index contributed by atoms with van der Waals surface area (Å²) in [4.78, 5) is 16.5. The molecular formula is C19H18F3N5O. The SMILES string of the molecule is CC(C)n1ncc(C(=O)Nc2ccc(Nc3ccccc3)nc2)c1C(F)(F)F. The van der Waals surface area contributed by atoms with E-state index in [0.717, 1.165) is 16.6 Å². The number of rotatable bonds is 5. The van der Waals surface area contributed by atoms with Gasteiger partial charge in [0, 0.05) is 11.7 Å². The summed E-state index contributed by atoms with van der Waals surface area (Å²) in [5.74, 6) is -0.363. The molecule has 0 radical (unpaired) electrons. The van der Waals surface area contributed by atoms with Crippen LogP contribution in [0.3, 0.4) is 0 Å². The zero-order valence-electron chi connectivity index (χ0n) is 15.2. The zero-order chi connectivity index (χ0) is 20.3. The van der Waals surface area contributed by atoms with E-state index < -0.39 is 29.4 Å². The van der Waals surface area contributed by atoms with Gasteiger partial charge in [0.15, 0.2) is 5.69 Å². The summed E-state index contributed by atoms with van der Waals surface area (Å²) in [5.41, 5.74) is -0.500. The molecular weight excluding hydrogens is 371 g/mol. The largest absolute Gasteiger partial charge is 0.433 e. The van der Waals surface area contributed by atoms with Crippen LogP contribution in [0, 0.1) is 0 Å². The van der Waals surface area contributed by atoms with E-state index in [1.54, 1.807) is 26.0 Å². The molecule has 0 saturated heterocycles. The van der Waals surface area contributed by atoms with Crippen molar-refractivity contribution in [1.82, 2.24) is 14.8 Å². The number of carbonyl (C=O) groups excluding carboxylic acids is 1. The molecule has 146 valence electrons. The maximum Gasteiger partial charge on any atom is 0.433 e. The summed E-state index contributed by atoms with van der Waals surface area (Å²) in [5, 5.41) is 9.22. The van der Waals surface area contributed by atoms with E-state index in [4.69, 9.17) is 0 Å². The van der Waals surface area contributed by atoms with Gasteiger partial charge in [-0.1, -0.05) is 18.2 Å². The molecule has 0 atom stereocenters. The Morgan fingerprint density at radius 1 is 1.04 bits per heavy atom. The minimum Gasteiger partial charge on any atom is -0.340 e. The Balaban J connectivity index is 1.77. The Morgan fingerprint density at radius 3 is 2.32 bits per heavy atom. The number of para-hydroxylation sites is 1. The topological polar surface area (TPSA) is 71.8 Å². The van der Waals surface area contributed by atoms with Gasteiger partial charge in [0.25, 0.3) is 5.91 Å². The summed E-state index contributed by atoms with van der Waals surface area (Å²) < 4.78 is 41.0. The lowest BCUT2D eigenvalue weighted by molar-refractivity contribution is -0.145. The molecule has 2 heterocycles. The Morgan fingerprint density at radius 2 is 1.75 bits per heavy atom. The lowest BCUT2D eigenvalue weighted by Gasteiger charge is -2.15. The number of halogens is 3. The van der Waals surface area contributed by atoms with Gasteiger partial charge < -0.3 is 10.6 Å². The van der Waals surface area contributed by atoms with E-state index in [1.165, 1.54) is 6.20 Å². The molecule has 0 saturated carbocycles. The third-order valence-electron chi connectivity index (χ3n) is 3.87. The number of amides is 1. The molecule has 3 rings (SSSR count). The first-order valence-electron chi connectivity index (χ1n) is 8.50. The quantitative estimate of drug-likeness (QED) is 0.653. The van der Waals surface area contributed by atoms with Gasteiger partial charge in [-0.05, 0) is 38.1 Å². The van der Waals surface area contributed by atoms with E-state index in [2.05, 4.69) is 20.7 Å². The van der Waals surface area contributed by atoms with Crippen LogP contribution in [0.1, 0.15) is 35.9 Å². The lowest BCUT2D eigenvalue weighted by Crippen LogP contribution is -2.22. The molecule has 0 unspecified atom stereocenters. The highest BCUT2D eigenvalue weighted by atomic mass is 19.4. The van der Waals surface area contributed by atoms with Crippen molar-refractivity contribution in [1.29, 1.82) is 0 Å². The summed E-state index contributed by atoms with van der Waals surface area (Å²) >= 11 is 0. The van der Waals surface area contributed by atoms with Gasteiger partial charge in [0.1, 0.15) is 5.82 Å². The van der Waals surface area contributed by atoms with Crippen molar-refractivity contribution in [3.05, 3.63) is 66.1 Å². The van der Waals surface area contributed by atoms with Crippen LogP contribution in [0.4, 0.5) is 30.4 Å². The fraction of sp³-hybridized carbons (Fsp3) is 0.211. The molecule has 0 spiro atoms. The molecule has 0 aliphatic rings. The number of hydrogen-bond donors (Lipinski definition) is 2. The second-order valence-corrected chi connectivity index (χ2v) is 6.32. The third kappa shape index (κ3) is 4.30. The molecule has 2 N–H and O–H groups in total. The molecule has 6 nitrogen and oxygen atoms in total. The molecule has 9 heteroatoms. The minimum absolute atomic E-state index is 0.272. The number of aromatic nitrogens is 3. The van der Waals surface area contributed by atoms with Gasteiger partial charge in [-0.15, -0.1) is 0 Å². The van der Waals surface area contributed by atoms with E-state index in [-0.39, 0.29) is 5.69 Å². The summed E-state index contributed by atoms with van der Waals surface area (Å²) in [6.07, 6.45) is -2.41. The smallest absolute Gasteiger partial charge is 0.340 e. The van der Waals surface area contributed by atoms with Crippen molar-refractivity contribution in [3.63, 3.8) is 0 Å². The Kier molecular flexibility index (Phi) is 5.34. The van der Waals surface area contributed by atoms with Crippen LogP contribution in [-0.4, -0.2) is 20.7 Å². The molecule has 1 amide bonds. The predicted octanol–water partition coefficient (Wildman–Crippen LogP) is 4.87. The van der Waals surface area contributed by atoms with Crippen LogP contribution < -0.4 is 10.6 Å². The normalized spacial score (nSPS) is 11.5. The number of alkyl halides is 3. The van der Waals surface area contributed by atoms with Crippen LogP contribution >= 0.6 is 0 Å². The van der Waals surface area contributed by atoms with Crippen molar-refractivity contribution in [3.8, 4) is 0 Å².